The fourth-order valence-electron chi connectivity index (χ4n) is 4.00. The van der Waals surface area contributed by atoms with Crippen LogP contribution in [0.4, 0.5) is 5.69 Å². The van der Waals surface area contributed by atoms with Crippen LogP contribution in [-0.2, 0) is 17.9 Å². The summed E-state index contributed by atoms with van der Waals surface area (Å²) in [5.74, 6) is 1.85. The molecule has 2 N–H and O–H groups in total. The average Bonchev–Trinajstić information content (AvgIpc) is 3.09. The molecule has 6 nitrogen and oxygen atoms in total. The maximum absolute atomic E-state index is 5.59. The van der Waals surface area contributed by atoms with Crippen LogP contribution in [0.3, 0.4) is 0 Å². The highest BCUT2D eigenvalue weighted by molar-refractivity contribution is 5.57. The summed E-state index contributed by atoms with van der Waals surface area (Å²) in [6.45, 7) is 17.8. The van der Waals surface area contributed by atoms with Crippen LogP contribution >= 0.6 is 0 Å². The van der Waals surface area contributed by atoms with E-state index in [0.717, 1.165) is 37.8 Å². The quantitative estimate of drug-likeness (QED) is 0.759. The van der Waals surface area contributed by atoms with Gasteiger partial charge < -0.3 is 20.1 Å². The zero-order valence-corrected chi connectivity index (χ0v) is 19.3. The molecule has 0 aliphatic carbocycles. The Morgan fingerprint density at radius 3 is 2.33 bits per heavy atom. The van der Waals surface area contributed by atoms with E-state index in [4.69, 9.17) is 9.47 Å². The lowest BCUT2D eigenvalue weighted by Crippen LogP contribution is -2.16. The zero-order valence-electron chi connectivity index (χ0n) is 19.3. The molecule has 0 bridgehead atoms. The number of aromatic nitrogens is 2. The summed E-state index contributed by atoms with van der Waals surface area (Å²) in [6.07, 6.45) is 3.93. The van der Waals surface area contributed by atoms with Crippen molar-refractivity contribution in [1.82, 2.24) is 15.3 Å². The fourth-order valence-corrected chi connectivity index (χ4v) is 4.00. The minimum absolute atomic E-state index is 0.519. The highest BCUT2D eigenvalue weighted by atomic mass is 16.5. The van der Waals surface area contributed by atoms with Crippen LogP contribution < -0.4 is 15.4 Å². The van der Waals surface area contributed by atoms with Crippen LogP contribution in [0.2, 0.25) is 0 Å². The molecule has 2 aliphatic rings. The second-order valence-electron chi connectivity index (χ2n) is 8.60. The second kappa shape index (κ2) is 10.2. The Morgan fingerprint density at radius 2 is 1.60 bits per heavy atom. The lowest BCUT2D eigenvalue weighted by molar-refractivity contribution is 0.132. The highest BCUT2D eigenvalue weighted by Crippen LogP contribution is 2.29. The van der Waals surface area contributed by atoms with E-state index in [9.17, 15) is 0 Å². The monoisotopic (exact) mass is 412 g/mol. The number of fused-ring (bicyclic) bond motifs is 2. The van der Waals surface area contributed by atoms with Gasteiger partial charge >= 0.3 is 0 Å². The van der Waals surface area contributed by atoms with Gasteiger partial charge in [0.25, 0.3) is 0 Å². The van der Waals surface area contributed by atoms with Crippen molar-refractivity contribution in [1.29, 1.82) is 0 Å². The van der Waals surface area contributed by atoms with Crippen molar-refractivity contribution >= 4 is 5.69 Å². The SMILES string of the molecule is Cc1c(C(C)C)cnc2c1CNCCO2.Cc1c(C(C)C)cnc2c1NCCOC2. The molecule has 2 aromatic rings. The number of rotatable bonds is 2. The number of nitrogens with zero attached hydrogens (tertiary/aromatic N) is 2. The third-order valence-corrected chi connectivity index (χ3v) is 5.77. The topological polar surface area (TPSA) is 68.3 Å². The third-order valence-electron chi connectivity index (χ3n) is 5.77. The summed E-state index contributed by atoms with van der Waals surface area (Å²) in [5, 5.41) is 6.75. The van der Waals surface area contributed by atoms with Crippen LogP contribution in [0.5, 0.6) is 5.88 Å². The fraction of sp³-hybridized carbons (Fsp3) is 0.583. The van der Waals surface area contributed by atoms with Crippen molar-refractivity contribution in [2.24, 2.45) is 0 Å². The summed E-state index contributed by atoms with van der Waals surface area (Å²) in [5.41, 5.74) is 8.72. The molecule has 6 heteroatoms. The van der Waals surface area contributed by atoms with Crippen LogP contribution in [0.1, 0.15) is 73.0 Å². The van der Waals surface area contributed by atoms with Crippen LogP contribution in [0.25, 0.3) is 0 Å². The molecule has 164 valence electrons. The van der Waals surface area contributed by atoms with Gasteiger partial charge in [0.1, 0.15) is 6.61 Å². The number of anilines is 1. The molecule has 30 heavy (non-hydrogen) atoms. The van der Waals surface area contributed by atoms with Gasteiger partial charge in [-0.3, -0.25) is 4.98 Å². The van der Waals surface area contributed by atoms with Gasteiger partial charge in [0.15, 0.2) is 0 Å². The third kappa shape index (κ3) is 5.10. The number of ether oxygens (including phenoxy) is 2. The predicted octanol–water partition coefficient (Wildman–Crippen LogP) is 4.45. The normalized spacial score (nSPS) is 15.7. The van der Waals surface area contributed by atoms with Crippen molar-refractivity contribution in [3.05, 3.63) is 45.9 Å². The number of hydrogen-bond donors (Lipinski definition) is 2. The van der Waals surface area contributed by atoms with Gasteiger partial charge in [-0.2, -0.15) is 0 Å². The van der Waals surface area contributed by atoms with Crippen LogP contribution in [0.15, 0.2) is 12.4 Å². The smallest absolute Gasteiger partial charge is 0.218 e. The molecule has 0 saturated carbocycles. The van der Waals surface area contributed by atoms with Gasteiger partial charge in [-0.25, -0.2) is 4.98 Å². The van der Waals surface area contributed by atoms with Crippen molar-refractivity contribution < 1.29 is 9.47 Å². The summed E-state index contributed by atoms with van der Waals surface area (Å²) < 4.78 is 11.0. The molecule has 4 heterocycles. The van der Waals surface area contributed by atoms with E-state index >= 15 is 0 Å². The lowest BCUT2D eigenvalue weighted by atomic mass is 9.97. The number of pyridine rings is 2. The number of nitrogens with one attached hydrogen (secondary N) is 2. The largest absolute Gasteiger partial charge is 0.476 e. The standard InChI is InChI=1S/2C12H18N2O/c1-8(2)10-7-14-12-11(9(10)3)6-13-4-5-15-12;1-8(2)10-6-14-11-7-15-5-4-13-12(11)9(10)3/h7-8,13H,4-6H2,1-3H3;6,8,13H,4-5,7H2,1-3H3. The molecule has 0 aromatic carbocycles. The van der Waals surface area contributed by atoms with Gasteiger partial charge in [-0.1, -0.05) is 27.7 Å². The highest BCUT2D eigenvalue weighted by Gasteiger charge is 2.17. The van der Waals surface area contributed by atoms with Gasteiger partial charge in [-0.05, 0) is 47.9 Å². The first-order valence-electron chi connectivity index (χ1n) is 11.0. The van der Waals surface area contributed by atoms with E-state index in [1.54, 1.807) is 0 Å². The Morgan fingerprint density at radius 1 is 0.900 bits per heavy atom. The summed E-state index contributed by atoms with van der Waals surface area (Å²) in [6, 6.07) is 0. The first-order valence-corrected chi connectivity index (χ1v) is 11.0. The molecular weight excluding hydrogens is 376 g/mol. The maximum Gasteiger partial charge on any atom is 0.218 e. The van der Waals surface area contributed by atoms with Crippen molar-refractivity contribution in [2.75, 3.05) is 31.6 Å². The van der Waals surface area contributed by atoms with E-state index in [1.807, 2.05) is 12.4 Å². The van der Waals surface area contributed by atoms with E-state index < -0.39 is 0 Å². The first kappa shape index (κ1) is 22.5. The number of hydrogen-bond acceptors (Lipinski definition) is 6. The molecule has 0 fully saturated rings. The van der Waals surface area contributed by atoms with Gasteiger partial charge in [0.05, 0.1) is 24.6 Å². The lowest BCUT2D eigenvalue weighted by Gasteiger charge is -2.15. The van der Waals surface area contributed by atoms with E-state index in [2.05, 4.69) is 62.1 Å². The predicted molar refractivity (Wildman–Crippen MR) is 121 cm³/mol. The Balaban J connectivity index is 0.000000171. The second-order valence-corrected chi connectivity index (χ2v) is 8.60. The van der Waals surface area contributed by atoms with Crippen molar-refractivity contribution in [3.63, 3.8) is 0 Å². The molecule has 4 rings (SSSR count). The van der Waals surface area contributed by atoms with Crippen LogP contribution in [0, 0.1) is 13.8 Å². The molecule has 0 amide bonds. The maximum atomic E-state index is 5.59. The molecule has 0 spiro atoms. The molecule has 0 unspecified atom stereocenters. The van der Waals surface area contributed by atoms with Gasteiger partial charge in [0.2, 0.25) is 5.88 Å². The Hall–Kier alpha value is -2.18. The van der Waals surface area contributed by atoms with Crippen molar-refractivity contribution in [3.8, 4) is 5.88 Å². The molecule has 2 aromatic heterocycles. The minimum atomic E-state index is 0.519. The summed E-state index contributed by atoms with van der Waals surface area (Å²) in [7, 11) is 0. The Kier molecular flexibility index (Phi) is 7.67. The Labute approximate surface area is 180 Å². The molecular formula is C24H36N4O2. The van der Waals surface area contributed by atoms with Gasteiger partial charge in [0, 0.05) is 37.6 Å². The average molecular weight is 413 g/mol. The summed E-state index contributed by atoms with van der Waals surface area (Å²) in [4.78, 5) is 8.87. The molecule has 0 saturated heterocycles. The van der Waals surface area contributed by atoms with E-state index in [0.29, 0.717) is 25.0 Å². The van der Waals surface area contributed by atoms with E-state index in [1.165, 1.54) is 33.5 Å². The molecule has 0 atom stereocenters. The van der Waals surface area contributed by atoms with E-state index in [-0.39, 0.29) is 0 Å². The zero-order chi connectivity index (χ0) is 21.7. The molecule has 0 radical (unpaired) electrons. The van der Waals surface area contributed by atoms with Crippen molar-refractivity contribution in [2.45, 2.75) is 66.5 Å². The minimum Gasteiger partial charge on any atom is -0.476 e. The Bertz CT molecular complexity index is 793. The first-order chi connectivity index (χ1) is 14.4. The van der Waals surface area contributed by atoms with Crippen LogP contribution in [-0.4, -0.2) is 36.3 Å². The summed E-state index contributed by atoms with van der Waals surface area (Å²) >= 11 is 0. The molecule has 2 aliphatic heterocycles. The van der Waals surface area contributed by atoms with Gasteiger partial charge in [-0.15, -0.1) is 0 Å².